The molecule has 0 spiro atoms. The first-order chi connectivity index (χ1) is 9.88. The molecule has 2 aliphatic heterocycles. The minimum absolute atomic E-state index is 0.00637. The fraction of sp³-hybridized carbons (Fsp3) is 0.636. The van der Waals surface area contributed by atoms with Gasteiger partial charge in [-0.3, -0.25) is 4.79 Å². The van der Waals surface area contributed by atoms with Crippen molar-refractivity contribution in [1.29, 1.82) is 0 Å². The molecule has 0 N–H and O–H groups in total. The van der Waals surface area contributed by atoms with Crippen molar-refractivity contribution in [3.8, 4) is 5.88 Å². The number of aromatic nitrogens is 2. The SMILES string of the molecule is CS(=O)(=O)N1CCN(C(=O)c2nn3c(c2F)OCC3)CC1. The van der Waals surface area contributed by atoms with Gasteiger partial charge >= 0.3 is 0 Å². The molecule has 1 fully saturated rings. The van der Waals surface area contributed by atoms with E-state index in [1.165, 1.54) is 13.9 Å². The van der Waals surface area contributed by atoms with E-state index in [0.717, 1.165) is 6.26 Å². The summed E-state index contributed by atoms with van der Waals surface area (Å²) in [4.78, 5) is 13.7. The van der Waals surface area contributed by atoms with Crippen molar-refractivity contribution >= 4 is 15.9 Å². The number of carbonyl (C=O) groups excluding carboxylic acids is 1. The quantitative estimate of drug-likeness (QED) is 0.708. The summed E-state index contributed by atoms with van der Waals surface area (Å²) in [5.74, 6) is -1.29. The largest absolute Gasteiger partial charge is 0.474 e. The molecule has 1 aromatic rings. The predicted octanol–water partition coefficient (Wildman–Crippen LogP) is -0.868. The number of hydrogen-bond donors (Lipinski definition) is 0. The number of carbonyl (C=O) groups is 1. The highest BCUT2D eigenvalue weighted by atomic mass is 32.2. The van der Waals surface area contributed by atoms with E-state index in [0.29, 0.717) is 13.2 Å². The lowest BCUT2D eigenvalue weighted by molar-refractivity contribution is 0.0686. The molecule has 2 aliphatic rings. The maximum absolute atomic E-state index is 14.0. The molecule has 8 nitrogen and oxygen atoms in total. The maximum Gasteiger partial charge on any atom is 0.277 e. The molecule has 0 radical (unpaired) electrons. The Hall–Kier alpha value is -1.68. The lowest BCUT2D eigenvalue weighted by atomic mass is 10.3. The van der Waals surface area contributed by atoms with Gasteiger partial charge in [0.15, 0.2) is 5.69 Å². The molecule has 116 valence electrons. The molecule has 3 rings (SSSR count). The summed E-state index contributed by atoms with van der Waals surface area (Å²) < 4.78 is 44.6. The summed E-state index contributed by atoms with van der Waals surface area (Å²) in [5, 5.41) is 3.93. The van der Waals surface area contributed by atoms with E-state index in [9.17, 15) is 17.6 Å². The van der Waals surface area contributed by atoms with Gasteiger partial charge in [0.25, 0.3) is 5.91 Å². The van der Waals surface area contributed by atoms with Crippen LogP contribution in [0.1, 0.15) is 10.5 Å². The van der Waals surface area contributed by atoms with E-state index < -0.39 is 21.7 Å². The minimum Gasteiger partial charge on any atom is -0.474 e. The van der Waals surface area contributed by atoms with Gasteiger partial charge < -0.3 is 9.64 Å². The lowest BCUT2D eigenvalue weighted by Crippen LogP contribution is -2.50. The first-order valence-corrected chi connectivity index (χ1v) is 8.36. The van der Waals surface area contributed by atoms with Crippen molar-refractivity contribution in [2.75, 3.05) is 39.0 Å². The molecule has 0 unspecified atom stereocenters. The molecule has 0 saturated carbocycles. The number of rotatable bonds is 2. The molecule has 1 amide bonds. The Morgan fingerprint density at radius 1 is 1.24 bits per heavy atom. The van der Waals surface area contributed by atoms with Gasteiger partial charge in [-0.05, 0) is 0 Å². The minimum atomic E-state index is -3.26. The highest BCUT2D eigenvalue weighted by molar-refractivity contribution is 7.88. The third kappa shape index (κ3) is 2.48. The number of fused-ring (bicyclic) bond motifs is 1. The lowest BCUT2D eigenvalue weighted by Gasteiger charge is -2.32. The summed E-state index contributed by atoms with van der Waals surface area (Å²) in [6, 6.07) is 0. The van der Waals surface area contributed by atoms with Crippen LogP contribution in [0, 0.1) is 5.82 Å². The Morgan fingerprint density at radius 3 is 2.48 bits per heavy atom. The zero-order valence-corrected chi connectivity index (χ0v) is 12.3. The van der Waals surface area contributed by atoms with E-state index in [1.807, 2.05) is 0 Å². The van der Waals surface area contributed by atoms with Crippen LogP contribution in [0.25, 0.3) is 0 Å². The molecule has 0 bridgehead atoms. The number of amides is 1. The molecular formula is C11H15FN4O4S. The van der Waals surface area contributed by atoms with Crippen LogP contribution in [0.15, 0.2) is 0 Å². The second-order valence-corrected chi connectivity index (χ2v) is 6.98. The second kappa shape index (κ2) is 4.95. The average Bonchev–Trinajstić information content (AvgIpc) is 3.01. The molecule has 0 aliphatic carbocycles. The summed E-state index contributed by atoms with van der Waals surface area (Å²) in [6.07, 6.45) is 1.13. The normalized spacial score (nSPS) is 19.4. The average molecular weight is 318 g/mol. The molecular weight excluding hydrogens is 303 g/mol. The second-order valence-electron chi connectivity index (χ2n) is 4.99. The molecule has 0 atom stereocenters. The van der Waals surface area contributed by atoms with Crippen molar-refractivity contribution in [1.82, 2.24) is 19.0 Å². The van der Waals surface area contributed by atoms with Crippen LogP contribution in [-0.2, 0) is 16.6 Å². The van der Waals surface area contributed by atoms with Crippen molar-refractivity contribution in [3.05, 3.63) is 11.5 Å². The van der Waals surface area contributed by atoms with Crippen LogP contribution < -0.4 is 4.74 Å². The van der Waals surface area contributed by atoms with Crippen molar-refractivity contribution in [3.63, 3.8) is 0 Å². The first-order valence-electron chi connectivity index (χ1n) is 6.51. The fourth-order valence-corrected chi connectivity index (χ4v) is 3.28. The van der Waals surface area contributed by atoms with Gasteiger partial charge in [0.2, 0.25) is 21.7 Å². The highest BCUT2D eigenvalue weighted by Crippen LogP contribution is 2.25. The van der Waals surface area contributed by atoms with Crippen molar-refractivity contribution in [2.24, 2.45) is 0 Å². The Balaban J connectivity index is 1.73. The Morgan fingerprint density at radius 2 is 1.90 bits per heavy atom. The van der Waals surface area contributed by atoms with Gasteiger partial charge in [-0.25, -0.2) is 13.1 Å². The number of sulfonamides is 1. The number of piperazine rings is 1. The smallest absolute Gasteiger partial charge is 0.277 e. The molecule has 3 heterocycles. The Kier molecular flexibility index (Phi) is 3.36. The van der Waals surface area contributed by atoms with Crippen LogP contribution >= 0.6 is 0 Å². The van der Waals surface area contributed by atoms with Gasteiger partial charge in [0.1, 0.15) is 6.61 Å². The van der Waals surface area contributed by atoms with E-state index >= 15 is 0 Å². The van der Waals surface area contributed by atoms with Gasteiger partial charge in [-0.15, -0.1) is 0 Å². The van der Waals surface area contributed by atoms with Gasteiger partial charge in [0.05, 0.1) is 12.8 Å². The zero-order valence-electron chi connectivity index (χ0n) is 11.5. The van der Waals surface area contributed by atoms with E-state index in [1.54, 1.807) is 0 Å². The monoisotopic (exact) mass is 318 g/mol. The fourth-order valence-electron chi connectivity index (χ4n) is 2.45. The van der Waals surface area contributed by atoms with E-state index in [2.05, 4.69) is 5.10 Å². The Labute approximate surface area is 121 Å². The van der Waals surface area contributed by atoms with Crippen LogP contribution in [0.5, 0.6) is 5.88 Å². The van der Waals surface area contributed by atoms with E-state index in [-0.39, 0.29) is 37.8 Å². The molecule has 10 heteroatoms. The molecule has 1 saturated heterocycles. The number of hydrogen-bond acceptors (Lipinski definition) is 5. The third-order valence-corrected chi connectivity index (χ3v) is 4.89. The number of nitrogens with zero attached hydrogens (tertiary/aromatic N) is 4. The van der Waals surface area contributed by atoms with Gasteiger partial charge in [-0.1, -0.05) is 0 Å². The summed E-state index contributed by atoms with van der Waals surface area (Å²) in [7, 11) is -3.26. The highest BCUT2D eigenvalue weighted by Gasteiger charge is 2.33. The van der Waals surface area contributed by atoms with Gasteiger partial charge in [-0.2, -0.15) is 13.8 Å². The van der Waals surface area contributed by atoms with Crippen LogP contribution in [0.4, 0.5) is 4.39 Å². The van der Waals surface area contributed by atoms with E-state index in [4.69, 9.17) is 4.74 Å². The van der Waals surface area contributed by atoms with Crippen LogP contribution in [-0.4, -0.2) is 72.4 Å². The first kappa shape index (κ1) is 14.3. The molecule has 21 heavy (non-hydrogen) atoms. The Bertz CT molecular complexity index is 679. The third-order valence-electron chi connectivity index (χ3n) is 3.59. The zero-order chi connectivity index (χ0) is 15.2. The summed E-state index contributed by atoms with van der Waals surface area (Å²) >= 11 is 0. The summed E-state index contributed by atoms with van der Waals surface area (Å²) in [5.41, 5.74) is -0.266. The van der Waals surface area contributed by atoms with Crippen LogP contribution in [0.3, 0.4) is 0 Å². The van der Waals surface area contributed by atoms with Crippen molar-refractivity contribution < 1.29 is 22.3 Å². The topological polar surface area (TPSA) is 84.7 Å². The van der Waals surface area contributed by atoms with Crippen LogP contribution in [0.2, 0.25) is 0 Å². The molecule has 0 aromatic carbocycles. The van der Waals surface area contributed by atoms with Gasteiger partial charge in [0, 0.05) is 26.2 Å². The number of halogens is 1. The predicted molar refractivity (Wildman–Crippen MR) is 70.0 cm³/mol. The van der Waals surface area contributed by atoms with Crippen molar-refractivity contribution in [2.45, 2.75) is 6.54 Å². The number of ether oxygens (including phenoxy) is 1. The molecule has 1 aromatic heterocycles. The maximum atomic E-state index is 14.0. The standard InChI is InChI=1S/C11H15FN4O4S/c1-21(18,19)15-4-2-14(3-5-15)10(17)9-8(12)11-16(13-9)6-7-20-11/h2-7H2,1H3. The summed E-state index contributed by atoms with van der Waals surface area (Å²) in [6.45, 7) is 1.61.